The molecule has 7 heteroatoms. The van der Waals surface area contributed by atoms with Crippen molar-refractivity contribution in [2.45, 2.75) is 25.2 Å². The fraction of sp³-hybridized carbons (Fsp3) is 0.211. The Morgan fingerprint density at radius 1 is 1.00 bits per heavy atom. The van der Waals surface area contributed by atoms with E-state index in [4.69, 9.17) is 14.1 Å². The van der Waals surface area contributed by atoms with Crippen LogP contribution in [0.3, 0.4) is 0 Å². The van der Waals surface area contributed by atoms with Crippen molar-refractivity contribution in [3.05, 3.63) is 71.6 Å². The molecule has 0 saturated heterocycles. The van der Waals surface area contributed by atoms with Gasteiger partial charge in [0.25, 0.3) is 10.1 Å². The van der Waals surface area contributed by atoms with E-state index in [1.165, 1.54) is 12.1 Å². The van der Waals surface area contributed by atoms with E-state index in [1.54, 1.807) is 12.1 Å². The lowest BCUT2D eigenvalue weighted by atomic mass is 10.2. The summed E-state index contributed by atoms with van der Waals surface area (Å²) in [7, 11) is -4.02. The third kappa shape index (κ3) is 5.52. The molecule has 3 rings (SSSR count). The lowest BCUT2D eigenvalue weighted by Crippen LogP contribution is -1.96. The minimum atomic E-state index is -4.02. The monoisotopic (exact) mass is 375 g/mol. The van der Waals surface area contributed by atoms with Crippen molar-refractivity contribution in [1.29, 1.82) is 0 Å². The molecule has 2 N–H and O–H groups in total. The quantitative estimate of drug-likeness (QED) is 0.678. The highest BCUT2D eigenvalue weighted by atomic mass is 32.2. The van der Waals surface area contributed by atoms with Crippen molar-refractivity contribution in [3.63, 3.8) is 0 Å². The predicted octanol–water partition coefficient (Wildman–Crippen LogP) is 3.43. The molecule has 0 fully saturated rings. The Labute approximate surface area is 152 Å². The van der Waals surface area contributed by atoms with Gasteiger partial charge in [-0.05, 0) is 38.1 Å². The molecular weight excluding hydrogens is 354 g/mol. The maximum absolute atomic E-state index is 10.5. The molecule has 0 aliphatic heterocycles. The summed E-state index contributed by atoms with van der Waals surface area (Å²) in [6.07, 6.45) is 0.544. The van der Waals surface area contributed by atoms with Gasteiger partial charge >= 0.3 is 0 Å². The van der Waals surface area contributed by atoms with Crippen molar-refractivity contribution in [2.24, 2.45) is 0 Å². The first-order valence-electron chi connectivity index (χ1n) is 7.98. The van der Waals surface area contributed by atoms with Crippen LogP contribution in [-0.2, 0) is 16.5 Å². The summed E-state index contributed by atoms with van der Waals surface area (Å²) in [6, 6.07) is 15.7. The molecule has 6 nitrogen and oxygen atoms in total. The van der Waals surface area contributed by atoms with Crippen LogP contribution in [0.5, 0.6) is 0 Å². The topological polar surface area (TPSA) is 101 Å². The van der Waals surface area contributed by atoms with Gasteiger partial charge in [-0.15, -0.1) is 0 Å². The Bertz CT molecular complexity index is 932. The molecule has 1 aromatic heterocycles. The molecule has 2 aromatic carbocycles. The van der Waals surface area contributed by atoms with Crippen LogP contribution in [-0.4, -0.2) is 29.7 Å². The Morgan fingerprint density at radius 3 is 2.15 bits per heavy atom. The molecular formula is C19H21NO5S. The van der Waals surface area contributed by atoms with Gasteiger partial charge in [0, 0.05) is 18.6 Å². The van der Waals surface area contributed by atoms with Crippen molar-refractivity contribution >= 4 is 10.1 Å². The van der Waals surface area contributed by atoms with Crippen molar-refractivity contribution < 1.29 is 22.5 Å². The van der Waals surface area contributed by atoms with Crippen molar-refractivity contribution in [2.75, 3.05) is 6.61 Å². The number of benzene rings is 2. The van der Waals surface area contributed by atoms with E-state index in [1.807, 2.05) is 44.2 Å². The fourth-order valence-corrected chi connectivity index (χ4v) is 2.66. The van der Waals surface area contributed by atoms with Gasteiger partial charge in [-0.25, -0.2) is 4.98 Å². The first kappa shape index (κ1) is 19.8. The number of aliphatic hydroxyl groups is 1. The first-order valence-corrected chi connectivity index (χ1v) is 9.42. The average Bonchev–Trinajstić information content (AvgIpc) is 2.97. The fourth-order valence-electron chi connectivity index (χ4n) is 2.18. The zero-order valence-corrected chi connectivity index (χ0v) is 15.4. The zero-order valence-electron chi connectivity index (χ0n) is 14.6. The number of rotatable bonds is 4. The highest BCUT2D eigenvalue weighted by Crippen LogP contribution is 2.21. The maximum atomic E-state index is 10.5. The summed E-state index contributed by atoms with van der Waals surface area (Å²) in [5.41, 5.74) is 2.75. The highest BCUT2D eigenvalue weighted by molar-refractivity contribution is 7.85. The zero-order chi connectivity index (χ0) is 19.2. The summed E-state index contributed by atoms with van der Waals surface area (Å²) in [5.74, 6) is 1.40. The van der Waals surface area contributed by atoms with E-state index in [0.29, 0.717) is 12.3 Å². The molecule has 3 aromatic rings. The molecule has 0 saturated carbocycles. The molecule has 1 heterocycles. The summed E-state index contributed by atoms with van der Waals surface area (Å²) in [6.45, 7) is 3.81. The van der Waals surface area contributed by atoms with E-state index >= 15 is 0 Å². The second-order valence-corrected chi connectivity index (χ2v) is 7.07. The Hall–Kier alpha value is -2.48. The molecule has 138 valence electrons. The van der Waals surface area contributed by atoms with Crippen molar-refractivity contribution in [3.8, 4) is 11.5 Å². The van der Waals surface area contributed by atoms with Gasteiger partial charge in [0.15, 0.2) is 0 Å². The van der Waals surface area contributed by atoms with Crippen LogP contribution in [0, 0.1) is 13.8 Å². The van der Waals surface area contributed by atoms with Crippen LogP contribution in [0.4, 0.5) is 0 Å². The normalized spacial score (nSPS) is 10.9. The van der Waals surface area contributed by atoms with Gasteiger partial charge < -0.3 is 9.52 Å². The van der Waals surface area contributed by atoms with Crippen LogP contribution in [0.15, 0.2) is 63.9 Å². The molecule has 0 bridgehead atoms. The number of oxazole rings is 1. The SMILES string of the molecule is Cc1ccc(S(=O)(=O)O)cc1.Cc1oc(-c2ccccc2)nc1CCO. The largest absolute Gasteiger partial charge is 0.441 e. The lowest BCUT2D eigenvalue weighted by Gasteiger charge is -1.95. The van der Waals surface area contributed by atoms with Gasteiger partial charge in [0.1, 0.15) is 5.76 Å². The predicted molar refractivity (Wildman–Crippen MR) is 98.5 cm³/mol. The second-order valence-electron chi connectivity index (χ2n) is 5.65. The Morgan fingerprint density at radius 2 is 1.62 bits per heavy atom. The number of aryl methyl sites for hydroxylation is 2. The van der Waals surface area contributed by atoms with E-state index in [0.717, 1.165) is 22.6 Å². The molecule has 0 aliphatic carbocycles. The molecule has 0 unspecified atom stereocenters. The molecule has 0 amide bonds. The van der Waals surface area contributed by atoms with Crippen LogP contribution >= 0.6 is 0 Å². The van der Waals surface area contributed by atoms with E-state index in [9.17, 15) is 8.42 Å². The number of aliphatic hydroxyl groups excluding tert-OH is 1. The summed E-state index contributed by atoms with van der Waals surface area (Å²) in [5, 5.41) is 8.84. The van der Waals surface area contributed by atoms with Crippen LogP contribution in [0.1, 0.15) is 17.0 Å². The number of hydrogen-bond donors (Lipinski definition) is 2. The van der Waals surface area contributed by atoms with Gasteiger partial charge in [-0.1, -0.05) is 35.9 Å². The standard InChI is InChI=1S/C12H13NO2.C7H8O3S/c1-9-11(7-8-14)13-12(15-9)10-5-3-2-4-6-10;1-6-2-4-7(5-3-6)11(8,9)10/h2-6,14H,7-8H2,1H3;2-5H,1H3,(H,8,9,10). The number of nitrogens with zero attached hydrogens (tertiary/aromatic N) is 1. The van der Waals surface area contributed by atoms with Crippen LogP contribution < -0.4 is 0 Å². The molecule has 0 aliphatic rings. The number of aromatic nitrogens is 1. The third-order valence-electron chi connectivity index (χ3n) is 3.58. The minimum absolute atomic E-state index is 0.0666. The minimum Gasteiger partial charge on any atom is -0.441 e. The Balaban J connectivity index is 0.000000197. The smallest absolute Gasteiger partial charge is 0.294 e. The van der Waals surface area contributed by atoms with Crippen LogP contribution in [0.25, 0.3) is 11.5 Å². The van der Waals surface area contributed by atoms with Gasteiger partial charge in [0.2, 0.25) is 5.89 Å². The summed E-state index contributed by atoms with van der Waals surface area (Å²) >= 11 is 0. The number of hydrogen-bond acceptors (Lipinski definition) is 5. The van der Waals surface area contributed by atoms with E-state index in [2.05, 4.69) is 4.98 Å². The summed E-state index contributed by atoms with van der Waals surface area (Å²) in [4.78, 5) is 4.28. The van der Waals surface area contributed by atoms with Gasteiger partial charge in [-0.2, -0.15) is 8.42 Å². The lowest BCUT2D eigenvalue weighted by molar-refractivity contribution is 0.297. The summed E-state index contributed by atoms with van der Waals surface area (Å²) < 4.78 is 35.1. The van der Waals surface area contributed by atoms with E-state index in [-0.39, 0.29) is 11.5 Å². The maximum Gasteiger partial charge on any atom is 0.294 e. The third-order valence-corrected chi connectivity index (χ3v) is 4.45. The average molecular weight is 375 g/mol. The van der Waals surface area contributed by atoms with Crippen LogP contribution in [0.2, 0.25) is 0 Å². The molecule has 26 heavy (non-hydrogen) atoms. The first-order chi connectivity index (χ1) is 12.3. The molecule has 0 radical (unpaired) electrons. The van der Waals surface area contributed by atoms with Crippen molar-refractivity contribution in [1.82, 2.24) is 4.98 Å². The molecule has 0 spiro atoms. The highest BCUT2D eigenvalue weighted by Gasteiger charge is 2.10. The van der Waals surface area contributed by atoms with E-state index < -0.39 is 10.1 Å². The molecule has 0 atom stereocenters. The Kier molecular flexibility index (Phi) is 6.68. The van der Waals surface area contributed by atoms with Gasteiger partial charge in [-0.3, -0.25) is 4.55 Å². The van der Waals surface area contributed by atoms with Gasteiger partial charge in [0.05, 0.1) is 10.6 Å². The second kappa shape index (κ2) is 8.75.